The molecule has 0 aliphatic heterocycles. The number of carbonyl (C=O) groups excluding carboxylic acids is 2. The number of fused-ring (bicyclic) bond motifs is 1. The van der Waals surface area contributed by atoms with Crippen LogP contribution in [0.5, 0.6) is 0 Å². The molecule has 2 atom stereocenters. The van der Waals surface area contributed by atoms with Crippen LogP contribution in [0.3, 0.4) is 0 Å². The summed E-state index contributed by atoms with van der Waals surface area (Å²) in [5, 5.41) is 5.70. The van der Waals surface area contributed by atoms with Gasteiger partial charge in [0.15, 0.2) is 6.54 Å². The maximum absolute atomic E-state index is 12.6. The van der Waals surface area contributed by atoms with E-state index in [1.807, 2.05) is 13.0 Å². The third kappa shape index (κ3) is 4.74. The van der Waals surface area contributed by atoms with E-state index in [1.54, 1.807) is 18.2 Å². The molecule has 3 N–H and O–H groups in total. The van der Waals surface area contributed by atoms with Crippen molar-refractivity contribution in [1.29, 1.82) is 0 Å². The minimum Gasteiger partial charge on any atom is -0.352 e. The van der Waals surface area contributed by atoms with Crippen molar-refractivity contribution in [1.82, 2.24) is 5.32 Å². The smallest absolute Gasteiger partial charge is 0.279 e. The van der Waals surface area contributed by atoms with Crippen LogP contribution in [0.15, 0.2) is 48.5 Å². The number of rotatable bonds is 6. The fraction of sp³-hybridized carbons (Fsp3) is 0.364. The second kappa shape index (κ2) is 8.82. The molecule has 0 radical (unpaired) electrons. The topological polar surface area (TPSA) is 62.6 Å². The fourth-order valence-corrected chi connectivity index (χ4v) is 3.85. The second-order valence-corrected chi connectivity index (χ2v) is 7.16. The molecule has 0 fully saturated rings. The first-order valence-corrected chi connectivity index (χ1v) is 9.66. The quantitative estimate of drug-likeness (QED) is 0.732. The lowest BCUT2D eigenvalue weighted by Crippen LogP contribution is -3.10. The number of anilines is 1. The zero-order valence-electron chi connectivity index (χ0n) is 16.0. The average molecular weight is 366 g/mol. The maximum atomic E-state index is 12.6. The summed E-state index contributed by atoms with van der Waals surface area (Å²) >= 11 is 0. The Kier molecular flexibility index (Phi) is 6.24. The van der Waals surface area contributed by atoms with E-state index in [0.717, 1.165) is 19.3 Å². The summed E-state index contributed by atoms with van der Waals surface area (Å²) in [4.78, 5) is 25.7. The van der Waals surface area contributed by atoms with Crippen molar-refractivity contribution in [3.05, 3.63) is 65.2 Å². The van der Waals surface area contributed by atoms with Gasteiger partial charge in [-0.3, -0.25) is 9.59 Å². The molecule has 5 nitrogen and oxygen atoms in total. The molecular weight excluding hydrogens is 338 g/mol. The molecule has 0 bridgehead atoms. The summed E-state index contributed by atoms with van der Waals surface area (Å²) in [7, 11) is 2.08. The van der Waals surface area contributed by atoms with Crippen LogP contribution in [0.4, 0.5) is 5.69 Å². The number of carbonyl (C=O) groups is 2. The highest BCUT2D eigenvalue weighted by Crippen LogP contribution is 2.27. The molecule has 3 rings (SSSR count). The van der Waals surface area contributed by atoms with Crippen LogP contribution in [0.2, 0.25) is 0 Å². The average Bonchev–Trinajstić information content (AvgIpc) is 2.67. The molecule has 5 heteroatoms. The van der Waals surface area contributed by atoms with Gasteiger partial charge in [0, 0.05) is 29.8 Å². The van der Waals surface area contributed by atoms with Crippen LogP contribution >= 0.6 is 0 Å². The predicted octanol–water partition coefficient (Wildman–Crippen LogP) is 1.97. The third-order valence-corrected chi connectivity index (χ3v) is 5.15. The molecule has 0 aromatic heterocycles. The van der Waals surface area contributed by atoms with Crippen molar-refractivity contribution in [2.45, 2.75) is 32.2 Å². The van der Waals surface area contributed by atoms with Crippen LogP contribution in [0, 0.1) is 0 Å². The van der Waals surface area contributed by atoms with Crippen molar-refractivity contribution in [3.8, 4) is 0 Å². The molecule has 27 heavy (non-hydrogen) atoms. The van der Waals surface area contributed by atoms with Crippen LogP contribution in [-0.4, -0.2) is 32.0 Å². The minimum absolute atomic E-state index is 0.0383. The van der Waals surface area contributed by atoms with Crippen molar-refractivity contribution in [2.24, 2.45) is 0 Å². The largest absolute Gasteiger partial charge is 0.352 e. The van der Waals surface area contributed by atoms with Crippen molar-refractivity contribution < 1.29 is 14.5 Å². The third-order valence-electron chi connectivity index (χ3n) is 5.15. The van der Waals surface area contributed by atoms with E-state index in [4.69, 9.17) is 0 Å². The van der Waals surface area contributed by atoms with Gasteiger partial charge >= 0.3 is 0 Å². The standard InChI is InChI=1S/C22H27N3O2/c1-3-23-22(27)17-10-6-11-18(14-17)24-21(26)15-25(2)20-13-7-9-16-8-4-5-12-19(16)20/h4-6,8,10-12,14,20H,3,7,9,13,15H2,1-2H3,(H,23,27)(H,24,26)/p+1/t20-/m0/s1. The number of amides is 2. The Morgan fingerprint density at radius 3 is 2.78 bits per heavy atom. The lowest BCUT2D eigenvalue weighted by molar-refractivity contribution is -0.905. The van der Waals surface area contributed by atoms with E-state index in [2.05, 4.69) is 41.9 Å². The normalized spacial score (nSPS) is 16.9. The molecule has 1 aliphatic rings. The van der Waals surface area contributed by atoms with E-state index in [1.165, 1.54) is 16.0 Å². The number of benzene rings is 2. The number of quaternary nitrogens is 1. The molecule has 2 amide bonds. The summed E-state index contributed by atoms with van der Waals surface area (Å²) in [6.07, 6.45) is 3.39. The molecule has 2 aromatic rings. The molecule has 142 valence electrons. The molecule has 0 saturated heterocycles. The van der Waals surface area contributed by atoms with Gasteiger partial charge in [-0.2, -0.15) is 0 Å². The zero-order chi connectivity index (χ0) is 19.2. The Morgan fingerprint density at radius 1 is 1.15 bits per heavy atom. The Bertz CT molecular complexity index is 819. The van der Waals surface area contributed by atoms with Gasteiger partial charge in [0.1, 0.15) is 6.04 Å². The van der Waals surface area contributed by atoms with Gasteiger partial charge in [-0.1, -0.05) is 30.3 Å². The number of likely N-dealkylation sites (N-methyl/N-ethyl adjacent to an activating group) is 1. The molecular formula is C22H28N3O2+. The van der Waals surface area contributed by atoms with Gasteiger partial charge < -0.3 is 15.5 Å². The fourth-order valence-electron chi connectivity index (χ4n) is 3.85. The van der Waals surface area contributed by atoms with E-state index in [0.29, 0.717) is 30.4 Å². The Labute approximate surface area is 160 Å². The van der Waals surface area contributed by atoms with E-state index < -0.39 is 0 Å². The van der Waals surface area contributed by atoms with Gasteiger partial charge in [0.25, 0.3) is 11.8 Å². The van der Waals surface area contributed by atoms with Crippen molar-refractivity contribution >= 4 is 17.5 Å². The van der Waals surface area contributed by atoms with Crippen LogP contribution in [-0.2, 0) is 11.2 Å². The number of hydrogen-bond acceptors (Lipinski definition) is 2. The zero-order valence-corrected chi connectivity index (χ0v) is 16.0. The number of nitrogens with one attached hydrogen (secondary N) is 3. The number of aryl methyl sites for hydroxylation is 1. The van der Waals surface area contributed by atoms with Gasteiger partial charge in [-0.25, -0.2) is 0 Å². The highest BCUT2D eigenvalue weighted by Gasteiger charge is 2.27. The first-order chi connectivity index (χ1) is 13.1. The van der Waals surface area contributed by atoms with Gasteiger partial charge in [0.05, 0.1) is 7.05 Å². The van der Waals surface area contributed by atoms with E-state index >= 15 is 0 Å². The second-order valence-electron chi connectivity index (χ2n) is 7.16. The highest BCUT2D eigenvalue weighted by atomic mass is 16.2. The molecule has 1 aliphatic carbocycles. The summed E-state index contributed by atoms with van der Waals surface area (Å²) in [6, 6.07) is 16.0. The predicted molar refractivity (Wildman–Crippen MR) is 107 cm³/mol. The molecule has 1 unspecified atom stereocenters. The summed E-state index contributed by atoms with van der Waals surface area (Å²) < 4.78 is 0. The highest BCUT2D eigenvalue weighted by molar-refractivity contribution is 5.97. The maximum Gasteiger partial charge on any atom is 0.279 e. The minimum atomic E-state index is -0.129. The summed E-state index contributed by atoms with van der Waals surface area (Å²) in [6.45, 7) is 2.85. The lowest BCUT2D eigenvalue weighted by Gasteiger charge is -2.30. The SMILES string of the molecule is CCNC(=O)c1cccc(NC(=O)C[NH+](C)[C@H]2CCCc3ccccc32)c1. The Balaban J connectivity index is 1.63. The van der Waals surface area contributed by atoms with Gasteiger partial charge in [0.2, 0.25) is 0 Å². The van der Waals surface area contributed by atoms with Crippen LogP contribution in [0.1, 0.15) is 47.3 Å². The van der Waals surface area contributed by atoms with Crippen molar-refractivity contribution in [3.63, 3.8) is 0 Å². The van der Waals surface area contributed by atoms with E-state index in [-0.39, 0.29) is 11.8 Å². The summed E-state index contributed by atoms with van der Waals surface area (Å²) in [5.74, 6) is -0.168. The first kappa shape index (κ1) is 19.1. The Hall–Kier alpha value is -2.66. The number of hydrogen-bond donors (Lipinski definition) is 3. The molecule has 0 saturated carbocycles. The first-order valence-electron chi connectivity index (χ1n) is 9.66. The van der Waals surface area contributed by atoms with Gasteiger partial charge in [-0.15, -0.1) is 0 Å². The molecule has 0 spiro atoms. The van der Waals surface area contributed by atoms with Crippen molar-refractivity contribution in [2.75, 3.05) is 25.5 Å². The molecule has 0 heterocycles. The monoisotopic (exact) mass is 366 g/mol. The summed E-state index contributed by atoms with van der Waals surface area (Å²) in [5.41, 5.74) is 3.98. The van der Waals surface area contributed by atoms with Crippen LogP contribution in [0.25, 0.3) is 0 Å². The molecule has 2 aromatic carbocycles. The Morgan fingerprint density at radius 2 is 1.96 bits per heavy atom. The van der Waals surface area contributed by atoms with E-state index in [9.17, 15) is 9.59 Å². The lowest BCUT2D eigenvalue weighted by atomic mass is 9.87. The van der Waals surface area contributed by atoms with Crippen LogP contribution < -0.4 is 15.5 Å². The van der Waals surface area contributed by atoms with Gasteiger partial charge in [-0.05, 0) is 43.5 Å².